The van der Waals surface area contributed by atoms with Crippen molar-refractivity contribution < 1.29 is 29.5 Å². The zero-order valence-electron chi connectivity index (χ0n) is 20.7. The van der Waals surface area contributed by atoms with Gasteiger partial charge in [0.1, 0.15) is 11.9 Å². The van der Waals surface area contributed by atoms with Crippen molar-refractivity contribution in [2.45, 2.75) is 71.2 Å². The van der Waals surface area contributed by atoms with Crippen LogP contribution in [0.5, 0.6) is 0 Å². The Balaban J connectivity index is 2.41. The molecule has 1 fully saturated rings. The van der Waals surface area contributed by atoms with Crippen LogP contribution in [0.1, 0.15) is 36.0 Å². The highest BCUT2D eigenvalue weighted by molar-refractivity contribution is 7.79. The van der Waals surface area contributed by atoms with E-state index in [2.05, 4.69) is 44.3 Å². The van der Waals surface area contributed by atoms with Gasteiger partial charge in [-0.15, -0.1) is 0 Å². The number of ether oxygens (including phenoxy) is 2. The van der Waals surface area contributed by atoms with Gasteiger partial charge in [0, 0.05) is 39.9 Å². The molecule has 0 aliphatic carbocycles. The first kappa shape index (κ1) is 25.3. The Morgan fingerprint density at radius 3 is 2.50 bits per heavy atom. The van der Waals surface area contributed by atoms with Crippen molar-refractivity contribution in [2.24, 2.45) is 0 Å². The normalized spacial score (nSPS) is 27.2. The minimum absolute atomic E-state index is 0.0669. The summed E-state index contributed by atoms with van der Waals surface area (Å²) in [5.41, 5.74) is 0. The second-order valence-corrected chi connectivity index (χ2v) is 9.67. The van der Waals surface area contributed by atoms with E-state index in [0.29, 0.717) is 5.82 Å². The monoisotopic (exact) mass is 491 g/mol. The Labute approximate surface area is 198 Å². The van der Waals surface area contributed by atoms with Crippen LogP contribution in [0.3, 0.4) is 0 Å². The molecule has 182 valence electrons. The average Bonchev–Trinajstić information content (AvgIpc) is 3.08. The molecule has 2 heterocycles. The molecule has 0 aromatic rings. The molecule has 0 saturated carbocycles. The summed E-state index contributed by atoms with van der Waals surface area (Å²) >= 11 is 5.38. The summed E-state index contributed by atoms with van der Waals surface area (Å²) in [7, 11) is 3.18. The number of hydrogen-bond donors (Lipinski definition) is 1. The number of thiocarbonyl (C=S) groups is 1. The van der Waals surface area contributed by atoms with Crippen molar-refractivity contribution in [3.63, 3.8) is 0 Å². The fourth-order valence-corrected chi connectivity index (χ4v) is 5.23. The Morgan fingerprint density at radius 1 is 1.34 bits per heavy atom. The molecule has 2 aliphatic rings. The van der Waals surface area contributed by atoms with Crippen molar-refractivity contribution in [1.29, 1.82) is 0 Å². The number of amides is 1. The van der Waals surface area contributed by atoms with E-state index in [0.717, 1.165) is 0 Å². The third-order valence-electron chi connectivity index (χ3n) is 4.91. The van der Waals surface area contributed by atoms with Crippen molar-refractivity contribution >= 4 is 31.8 Å². The topological polar surface area (TPSA) is 85.0 Å². The van der Waals surface area contributed by atoms with Gasteiger partial charge in [-0.1, -0.05) is 6.58 Å². The van der Waals surface area contributed by atoms with Crippen molar-refractivity contribution in [1.82, 2.24) is 20.0 Å². The molecule has 0 aromatic heterocycles. The number of rotatable bonds is 9. The van der Waals surface area contributed by atoms with Crippen LogP contribution in [0.4, 0.5) is 0 Å². The van der Waals surface area contributed by atoms with Crippen LogP contribution in [0.25, 0.3) is 0 Å². The smallest absolute Gasteiger partial charge is 0.284 e. The minimum atomic E-state index is -1.50. The molecule has 2 aliphatic heterocycles. The average molecular weight is 492 g/mol. The number of nitrogens with zero attached hydrogens (tertiary/aromatic N) is 3. The molecule has 0 aromatic carbocycles. The largest absolute Gasteiger partial charge is 0.458 e. The Morgan fingerprint density at radius 2 is 2.00 bits per heavy atom. The standard InChI is InChI=1S/C20H35N4O6PS/c1-12(2)24(13(3)4)31(27-9)30-17-14(5)28-19(18(17)29-20(32)22(7)26-8)23-11-10-16(25)21-15(23)6/h10-14,17-19H,6H2,1-5,7-9H3,(H,21,25)/t14-,17+,18?,19-,31?/m1/s1/i5D. The maximum atomic E-state index is 11.7. The highest BCUT2D eigenvalue weighted by atomic mass is 32.1. The summed E-state index contributed by atoms with van der Waals surface area (Å²) in [6.07, 6.45) is 0.0418. The van der Waals surface area contributed by atoms with E-state index in [9.17, 15) is 4.79 Å². The van der Waals surface area contributed by atoms with Crippen LogP contribution in [0, 0.1) is 0 Å². The van der Waals surface area contributed by atoms with Gasteiger partial charge in [-0.05, 0) is 46.8 Å². The van der Waals surface area contributed by atoms with E-state index in [1.165, 1.54) is 18.2 Å². The van der Waals surface area contributed by atoms with Gasteiger partial charge in [0.05, 0.1) is 13.2 Å². The van der Waals surface area contributed by atoms with Crippen molar-refractivity contribution in [3.8, 4) is 0 Å². The zero-order chi connectivity index (χ0) is 24.9. The summed E-state index contributed by atoms with van der Waals surface area (Å²) in [6, 6.07) is 0.312. The molecule has 1 amide bonds. The van der Waals surface area contributed by atoms with E-state index >= 15 is 0 Å². The lowest BCUT2D eigenvalue weighted by atomic mass is 10.1. The van der Waals surface area contributed by atoms with Gasteiger partial charge in [0.15, 0.2) is 12.3 Å². The van der Waals surface area contributed by atoms with Crippen molar-refractivity contribution in [3.05, 3.63) is 24.7 Å². The fourth-order valence-electron chi connectivity index (χ4n) is 3.44. The molecule has 0 radical (unpaired) electrons. The maximum Gasteiger partial charge on any atom is 0.284 e. The van der Waals surface area contributed by atoms with Gasteiger partial charge < -0.3 is 28.7 Å². The fraction of sp³-hybridized carbons (Fsp3) is 0.700. The van der Waals surface area contributed by atoms with Gasteiger partial charge in [-0.25, -0.2) is 9.73 Å². The molecule has 0 bridgehead atoms. The highest BCUT2D eigenvalue weighted by Crippen LogP contribution is 2.49. The molecule has 5 atom stereocenters. The lowest BCUT2D eigenvalue weighted by Gasteiger charge is -2.38. The predicted octanol–water partition coefficient (Wildman–Crippen LogP) is 2.69. The van der Waals surface area contributed by atoms with Crippen LogP contribution in [-0.2, 0) is 28.2 Å². The van der Waals surface area contributed by atoms with Gasteiger partial charge >= 0.3 is 0 Å². The molecule has 1 saturated heterocycles. The molecule has 2 unspecified atom stereocenters. The van der Waals surface area contributed by atoms with Crippen molar-refractivity contribution in [2.75, 3.05) is 21.3 Å². The van der Waals surface area contributed by atoms with Gasteiger partial charge in [0.25, 0.3) is 19.6 Å². The van der Waals surface area contributed by atoms with Crippen LogP contribution >= 0.6 is 20.7 Å². The highest BCUT2D eigenvalue weighted by Gasteiger charge is 2.51. The molecule has 32 heavy (non-hydrogen) atoms. The van der Waals surface area contributed by atoms with Gasteiger partial charge in [0.2, 0.25) is 0 Å². The molecule has 0 spiro atoms. The predicted molar refractivity (Wildman–Crippen MR) is 126 cm³/mol. The number of carbonyl (C=O) groups excluding carboxylic acids is 1. The van der Waals surface area contributed by atoms with E-state index in [-0.39, 0.29) is 30.1 Å². The molecule has 1 N–H and O–H groups in total. The first-order valence-corrected chi connectivity index (χ1v) is 11.8. The number of nitrogens with one attached hydrogen (secondary N) is 1. The summed E-state index contributed by atoms with van der Waals surface area (Å²) < 4.78 is 34.7. The van der Waals surface area contributed by atoms with Crippen LogP contribution in [0.2, 0.25) is 0 Å². The molecular weight excluding hydrogens is 455 g/mol. The SMILES string of the molecule is [2H]C[C@H]1O[C@@H](N2C=CC(=O)NC2=C)C(OC(=S)N(C)OC)[C@H]1OP(OC)N(C(C)C)C(C)C. The van der Waals surface area contributed by atoms with E-state index in [1.54, 1.807) is 25.3 Å². The Hall–Kier alpha value is -1.33. The lowest BCUT2D eigenvalue weighted by Crippen LogP contribution is -2.49. The third kappa shape index (κ3) is 6.17. The number of hydroxylamine groups is 2. The molecular formula is C20H35N4O6PS. The second kappa shape index (κ2) is 11.7. The van der Waals surface area contributed by atoms with E-state index < -0.39 is 33.1 Å². The Kier molecular flexibility index (Phi) is 9.24. The van der Waals surface area contributed by atoms with Gasteiger partial charge in [-0.3, -0.25) is 9.63 Å². The zero-order valence-corrected chi connectivity index (χ0v) is 21.4. The maximum absolute atomic E-state index is 11.7. The lowest BCUT2D eigenvalue weighted by molar-refractivity contribution is -0.118. The third-order valence-corrected chi connectivity index (χ3v) is 7.30. The summed E-state index contributed by atoms with van der Waals surface area (Å²) in [6.45, 7) is 12.1. The van der Waals surface area contributed by atoms with Crippen LogP contribution in [0.15, 0.2) is 24.7 Å². The summed E-state index contributed by atoms with van der Waals surface area (Å²) in [5.74, 6) is 0.0232. The first-order valence-electron chi connectivity index (χ1n) is 10.9. The quantitative estimate of drug-likeness (QED) is 0.295. The minimum Gasteiger partial charge on any atom is -0.458 e. The second-order valence-electron chi connectivity index (χ2n) is 7.81. The molecule has 2 rings (SSSR count). The van der Waals surface area contributed by atoms with E-state index in [4.69, 9.17) is 36.9 Å². The Bertz CT molecular complexity index is 737. The number of hydrogen-bond acceptors (Lipinski definition) is 9. The first-order chi connectivity index (χ1) is 15.5. The van der Waals surface area contributed by atoms with Crippen LogP contribution in [-0.4, -0.2) is 83.6 Å². The van der Waals surface area contributed by atoms with Crippen LogP contribution < -0.4 is 5.32 Å². The summed E-state index contributed by atoms with van der Waals surface area (Å²) in [4.78, 5) is 18.5. The number of carbonyl (C=O) groups is 1. The summed E-state index contributed by atoms with van der Waals surface area (Å²) in [5, 5.41) is 4.01. The molecule has 12 heteroatoms. The molecule has 10 nitrogen and oxygen atoms in total. The van der Waals surface area contributed by atoms with E-state index in [1.807, 2.05) is 0 Å². The van der Waals surface area contributed by atoms with Gasteiger partial charge in [-0.2, -0.15) is 0 Å².